The van der Waals surface area contributed by atoms with Gasteiger partial charge in [0.15, 0.2) is 0 Å². The van der Waals surface area contributed by atoms with Crippen molar-refractivity contribution in [3.05, 3.63) is 39.5 Å². The van der Waals surface area contributed by atoms with Crippen molar-refractivity contribution >= 4 is 40.6 Å². The van der Waals surface area contributed by atoms with E-state index in [1.807, 2.05) is 0 Å². The summed E-state index contributed by atoms with van der Waals surface area (Å²) < 4.78 is 13.0. The summed E-state index contributed by atoms with van der Waals surface area (Å²) in [4.78, 5) is 24.9. The van der Waals surface area contributed by atoms with Gasteiger partial charge in [0.2, 0.25) is 0 Å². The largest absolute Gasteiger partial charge is 0.329 e. The quantitative estimate of drug-likeness (QED) is 0.871. The van der Waals surface area contributed by atoms with Crippen LogP contribution in [0.2, 0.25) is 5.02 Å². The molecule has 19 heavy (non-hydrogen) atoms. The Bertz CT molecular complexity index is 577. The molecule has 4 nitrogen and oxygen atoms in total. The Labute approximate surface area is 118 Å². The number of amides is 2. The predicted octanol–water partition coefficient (Wildman–Crippen LogP) is 2.47. The van der Waals surface area contributed by atoms with Gasteiger partial charge in [-0.1, -0.05) is 17.7 Å². The van der Waals surface area contributed by atoms with Crippen molar-refractivity contribution < 1.29 is 14.0 Å². The van der Waals surface area contributed by atoms with Crippen molar-refractivity contribution in [3.63, 3.8) is 0 Å². The van der Waals surface area contributed by atoms with Gasteiger partial charge >= 0.3 is 0 Å². The van der Waals surface area contributed by atoms with E-state index >= 15 is 0 Å². The summed E-state index contributed by atoms with van der Waals surface area (Å²) in [6.45, 7) is 0.403. The summed E-state index contributed by atoms with van der Waals surface area (Å²) >= 11 is 6.49. The first-order valence-corrected chi connectivity index (χ1v) is 6.63. The van der Waals surface area contributed by atoms with Crippen molar-refractivity contribution in [1.82, 2.24) is 4.90 Å². The summed E-state index contributed by atoms with van der Waals surface area (Å²) in [5, 5.41) is -0.384. The zero-order chi connectivity index (χ0) is 14.0. The SMILES string of the molecule is NCCN1C(=O)S/C(=C/c2ccc(F)c(Cl)c2)C1=O. The van der Waals surface area contributed by atoms with Crippen LogP contribution in [0.4, 0.5) is 9.18 Å². The number of nitrogens with two attached hydrogens (primary N) is 1. The van der Waals surface area contributed by atoms with Crippen LogP contribution >= 0.6 is 23.4 Å². The van der Waals surface area contributed by atoms with Gasteiger partial charge in [-0.25, -0.2) is 4.39 Å². The van der Waals surface area contributed by atoms with Crippen LogP contribution in [0, 0.1) is 5.82 Å². The highest BCUT2D eigenvalue weighted by molar-refractivity contribution is 8.18. The van der Waals surface area contributed by atoms with E-state index in [1.165, 1.54) is 24.3 Å². The maximum absolute atomic E-state index is 13.0. The topological polar surface area (TPSA) is 63.4 Å². The Kier molecular flexibility index (Phi) is 4.24. The molecule has 1 aliphatic heterocycles. The van der Waals surface area contributed by atoms with Crippen LogP contribution in [0.25, 0.3) is 6.08 Å². The lowest BCUT2D eigenvalue weighted by Crippen LogP contribution is -2.33. The third-order valence-electron chi connectivity index (χ3n) is 2.47. The van der Waals surface area contributed by atoms with Gasteiger partial charge in [0.25, 0.3) is 11.1 Å². The molecule has 1 aliphatic rings. The number of carbonyl (C=O) groups is 2. The molecular formula is C12H10ClFN2O2S. The Hall–Kier alpha value is -1.37. The van der Waals surface area contributed by atoms with E-state index in [-0.39, 0.29) is 34.2 Å². The average molecular weight is 301 g/mol. The lowest BCUT2D eigenvalue weighted by atomic mass is 10.2. The smallest absolute Gasteiger partial charge is 0.293 e. The van der Waals surface area contributed by atoms with Gasteiger partial charge in [-0.05, 0) is 35.5 Å². The van der Waals surface area contributed by atoms with E-state index in [4.69, 9.17) is 17.3 Å². The molecule has 0 aliphatic carbocycles. The average Bonchev–Trinajstić information content (AvgIpc) is 2.62. The van der Waals surface area contributed by atoms with Crippen molar-refractivity contribution in [2.45, 2.75) is 0 Å². The molecule has 100 valence electrons. The maximum Gasteiger partial charge on any atom is 0.293 e. The molecule has 0 unspecified atom stereocenters. The molecule has 2 rings (SSSR count). The molecule has 0 spiro atoms. The molecule has 0 bridgehead atoms. The highest BCUT2D eigenvalue weighted by Crippen LogP contribution is 2.32. The summed E-state index contributed by atoms with van der Waals surface area (Å²) in [5.74, 6) is -0.920. The first-order chi connectivity index (χ1) is 9.02. The minimum Gasteiger partial charge on any atom is -0.329 e. The van der Waals surface area contributed by atoms with E-state index in [0.29, 0.717) is 5.56 Å². The van der Waals surface area contributed by atoms with Gasteiger partial charge in [0, 0.05) is 13.1 Å². The molecule has 0 atom stereocenters. The number of nitrogens with zero attached hydrogens (tertiary/aromatic N) is 1. The molecule has 0 aromatic heterocycles. The van der Waals surface area contributed by atoms with E-state index in [1.54, 1.807) is 0 Å². The molecular weight excluding hydrogens is 291 g/mol. The van der Waals surface area contributed by atoms with Gasteiger partial charge in [0.1, 0.15) is 5.82 Å². The fourth-order valence-electron chi connectivity index (χ4n) is 1.58. The van der Waals surface area contributed by atoms with Crippen LogP contribution in [0.1, 0.15) is 5.56 Å². The number of imide groups is 1. The van der Waals surface area contributed by atoms with Gasteiger partial charge in [-0.2, -0.15) is 0 Å². The van der Waals surface area contributed by atoms with Crippen molar-refractivity contribution in [2.75, 3.05) is 13.1 Å². The fraction of sp³-hybridized carbons (Fsp3) is 0.167. The second kappa shape index (κ2) is 5.73. The number of benzene rings is 1. The molecule has 1 aromatic carbocycles. The monoisotopic (exact) mass is 300 g/mol. The molecule has 1 fully saturated rings. The second-order valence-electron chi connectivity index (χ2n) is 3.80. The molecule has 2 amide bonds. The van der Waals surface area contributed by atoms with Gasteiger partial charge in [0.05, 0.1) is 9.93 Å². The van der Waals surface area contributed by atoms with Gasteiger partial charge in [-0.3, -0.25) is 14.5 Å². The normalized spacial score (nSPS) is 17.6. The molecule has 1 aromatic rings. The molecule has 2 N–H and O–H groups in total. The standard InChI is InChI=1S/C12H10ClFN2O2S/c13-8-5-7(1-2-9(8)14)6-10-11(17)16(4-3-15)12(18)19-10/h1-2,5-6H,3-4,15H2/b10-6+. The minimum atomic E-state index is -0.532. The van der Waals surface area contributed by atoms with Crippen molar-refractivity contribution in [3.8, 4) is 0 Å². The Morgan fingerprint density at radius 3 is 2.79 bits per heavy atom. The van der Waals surface area contributed by atoms with Crippen molar-refractivity contribution in [2.24, 2.45) is 5.73 Å². The number of hydrogen-bond acceptors (Lipinski definition) is 4. The molecule has 1 heterocycles. The van der Waals surface area contributed by atoms with Crippen LogP contribution in [-0.4, -0.2) is 29.1 Å². The third-order valence-corrected chi connectivity index (χ3v) is 3.66. The number of halogens is 2. The Balaban J connectivity index is 2.27. The first-order valence-electron chi connectivity index (χ1n) is 5.43. The first kappa shape index (κ1) is 14.0. The Morgan fingerprint density at radius 2 is 2.16 bits per heavy atom. The van der Waals surface area contributed by atoms with Crippen molar-refractivity contribution in [1.29, 1.82) is 0 Å². The van der Waals surface area contributed by atoms with Crippen LogP contribution in [0.15, 0.2) is 23.1 Å². The number of rotatable bonds is 3. The highest BCUT2D eigenvalue weighted by atomic mass is 35.5. The zero-order valence-electron chi connectivity index (χ0n) is 9.73. The highest BCUT2D eigenvalue weighted by Gasteiger charge is 2.34. The van der Waals surface area contributed by atoms with E-state index in [0.717, 1.165) is 16.7 Å². The molecule has 0 radical (unpaired) electrons. The molecule has 7 heteroatoms. The summed E-state index contributed by atoms with van der Waals surface area (Å²) in [5.41, 5.74) is 5.89. The lowest BCUT2D eigenvalue weighted by Gasteiger charge is -2.09. The third kappa shape index (κ3) is 2.97. The number of thioether (sulfide) groups is 1. The molecule has 1 saturated heterocycles. The maximum atomic E-state index is 13.0. The summed E-state index contributed by atoms with van der Waals surface area (Å²) in [7, 11) is 0. The number of carbonyl (C=O) groups excluding carboxylic acids is 2. The van der Waals surface area contributed by atoms with E-state index in [2.05, 4.69) is 0 Å². The Morgan fingerprint density at radius 1 is 1.42 bits per heavy atom. The van der Waals surface area contributed by atoms with Gasteiger partial charge in [-0.15, -0.1) is 0 Å². The van der Waals surface area contributed by atoms with Crippen LogP contribution < -0.4 is 5.73 Å². The fourth-order valence-corrected chi connectivity index (χ4v) is 2.63. The summed E-state index contributed by atoms with van der Waals surface area (Å²) in [6.07, 6.45) is 1.51. The predicted molar refractivity (Wildman–Crippen MR) is 73.1 cm³/mol. The van der Waals surface area contributed by atoms with Crippen LogP contribution in [0.3, 0.4) is 0 Å². The lowest BCUT2D eigenvalue weighted by molar-refractivity contribution is -0.122. The van der Waals surface area contributed by atoms with Crippen LogP contribution in [0.5, 0.6) is 0 Å². The molecule has 0 saturated carbocycles. The van der Waals surface area contributed by atoms with E-state index < -0.39 is 5.82 Å². The summed E-state index contributed by atoms with van der Waals surface area (Å²) in [6, 6.07) is 4.09. The second-order valence-corrected chi connectivity index (χ2v) is 5.20. The van der Waals surface area contributed by atoms with Crippen LogP contribution in [-0.2, 0) is 4.79 Å². The van der Waals surface area contributed by atoms with Gasteiger partial charge < -0.3 is 5.73 Å². The van der Waals surface area contributed by atoms with E-state index in [9.17, 15) is 14.0 Å². The minimum absolute atomic E-state index is 0.0325. The number of hydrogen-bond donors (Lipinski definition) is 1. The zero-order valence-corrected chi connectivity index (χ0v) is 11.3.